The highest BCUT2D eigenvalue weighted by Gasteiger charge is 1.97. The lowest BCUT2D eigenvalue weighted by atomic mass is 10.00. The standard InChI is InChI=1S/C10H16/c1-5-7-8-10(4)9(3)6-2/h5,7-9H,1,4,6H2,2-3H3/b8-7-. The van der Waals surface area contributed by atoms with E-state index in [9.17, 15) is 0 Å². The molecule has 0 radical (unpaired) electrons. The number of allylic oxidation sites excluding steroid dienone is 4. The molecule has 0 aromatic heterocycles. The zero-order valence-corrected chi connectivity index (χ0v) is 6.93. The summed E-state index contributed by atoms with van der Waals surface area (Å²) in [4.78, 5) is 0. The molecule has 0 heteroatoms. The Kier molecular flexibility index (Phi) is 4.65. The normalized spacial score (nSPS) is 13.4. The molecule has 0 nitrogen and oxygen atoms in total. The smallest absolute Gasteiger partial charge is 0.0199 e. The van der Waals surface area contributed by atoms with Crippen LogP contribution in [-0.2, 0) is 0 Å². The van der Waals surface area contributed by atoms with Gasteiger partial charge in [0.2, 0.25) is 0 Å². The van der Waals surface area contributed by atoms with Crippen LogP contribution in [0.2, 0.25) is 0 Å². The van der Waals surface area contributed by atoms with E-state index in [1.165, 1.54) is 5.57 Å². The first kappa shape index (κ1) is 9.22. The van der Waals surface area contributed by atoms with Gasteiger partial charge in [-0.1, -0.05) is 50.8 Å². The molecule has 0 amide bonds. The fourth-order valence-corrected chi connectivity index (χ4v) is 0.618. The molecule has 0 rings (SSSR count). The molecule has 0 saturated heterocycles. The summed E-state index contributed by atoms with van der Waals surface area (Å²) >= 11 is 0. The predicted molar refractivity (Wildman–Crippen MR) is 47.9 cm³/mol. The van der Waals surface area contributed by atoms with Gasteiger partial charge in [0.15, 0.2) is 0 Å². The van der Waals surface area contributed by atoms with Crippen LogP contribution in [0.3, 0.4) is 0 Å². The summed E-state index contributed by atoms with van der Waals surface area (Å²) in [5, 5.41) is 0. The van der Waals surface area contributed by atoms with Crippen molar-refractivity contribution in [3.05, 3.63) is 37.0 Å². The van der Waals surface area contributed by atoms with Crippen molar-refractivity contribution in [1.82, 2.24) is 0 Å². The highest BCUT2D eigenvalue weighted by molar-refractivity contribution is 5.19. The Morgan fingerprint density at radius 2 is 2.20 bits per heavy atom. The van der Waals surface area contributed by atoms with Gasteiger partial charge in [-0.3, -0.25) is 0 Å². The molecule has 0 aliphatic rings. The van der Waals surface area contributed by atoms with Crippen molar-refractivity contribution < 1.29 is 0 Å². The molecule has 0 saturated carbocycles. The molecular formula is C10H16. The molecule has 0 spiro atoms. The quantitative estimate of drug-likeness (QED) is 0.520. The monoisotopic (exact) mass is 136 g/mol. The molecule has 1 unspecified atom stereocenters. The van der Waals surface area contributed by atoms with Gasteiger partial charge in [0.05, 0.1) is 0 Å². The third kappa shape index (κ3) is 3.29. The average Bonchev–Trinajstić information content (AvgIpc) is 1.98. The maximum absolute atomic E-state index is 3.93. The first-order chi connectivity index (χ1) is 4.72. The van der Waals surface area contributed by atoms with Crippen molar-refractivity contribution in [2.45, 2.75) is 20.3 Å². The molecule has 0 aliphatic carbocycles. The van der Waals surface area contributed by atoms with Crippen LogP contribution >= 0.6 is 0 Å². The molecule has 10 heavy (non-hydrogen) atoms. The highest BCUT2D eigenvalue weighted by atomic mass is 14.0. The van der Waals surface area contributed by atoms with Crippen LogP contribution in [0.25, 0.3) is 0 Å². The van der Waals surface area contributed by atoms with Crippen molar-refractivity contribution in [3.63, 3.8) is 0 Å². The first-order valence-electron chi connectivity index (χ1n) is 3.70. The zero-order valence-electron chi connectivity index (χ0n) is 6.93. The summed E-state index contributed by atoms with van der Waals surface area (Å²) in [5.74, 6) is 0.594. The van der Waals surface area contributed by atoms with E-state index in [0.29, 0.717) is 5.92 Å². The van der Waals surface area contributed by atoms with Crippen LogP contribution < -0.4 is 0 Å². The molecule has 0 aromatic rings. The minimum atomic E-state index is 0.594. The van der Waals surface area contributed by atoms with Gasteiger partial charge in [0.25, 0.3) is 0 Å². The van der Waals surface area contributed by atoms with E-state index in [1.54, 1.807) is 6.08 Å². The lowest BCUT2D eigenvalue weighted by molar-refractivity contribution is 0.673. The Labute approximate surface area is 64.0 Å². The highest BCUT2D eigenvalue weighted by Crippen LogP contribution is 2.12. The molecule has 1 atom stereocenters. The molecule has 0 heterocycles. The summed E-state index contributed by atoms with van der Waals surface area (Å²) in [5.41, 5.74) is 1.18. The van der Waals surface area contributed by atoms with E-state index < -0.39 is 0 Å². The molecule has 56 valence electrons. The second-order valence-electron chi connectivity index (χ2n) is 2.48. The van der Waals surface area contributed by atoms with Crippen LogP contribution in [0.1, 0.15) is 20.3 Å². The lowest BCUT2D eigenvalue weighted by Crippen LogP contribution is -1.92. The van der Waals surface area contributed by atoms with Gasteiger partial charge < -0.3 is 0 Å². The Morgan fingerprint density at radius 3 is 2.60 bits per heavy atom. The van der Waals surface area contributed by atoms with Crippen LogP contribution in [0.15, 0.2) is 37.0 Å². The van der Waals surface area contributed by atoms with Gasteiger partial charge in [-0.2, -0.15) is 0 Å². The van der Waals surface area contributed by atoms with Crippen LogP contribution in [0.4, 0.5) is 0 Å². The maximum atomic E-state index is 3.93. The number of hydrogen-bond donors (Lipinski definition) is 0. The van der Waals surface area contributed by atoms with Crippen molar-refractivity contribution in [1.29, 1.82) is 0 Å². The van der Waals surface area contributed by atoms with Crippen molar-refractivity contribution in [3.8, 4) is 0 Å². The third-order valence-corrected chi connectivity index (χ3v) is 1.69. The van der Waals surface area contributed by atoms with Crippen LogP contribution in [0.5, 0.6) is 0 Å². The minimum absolute atomic E-state index is 0.594. The minimum Gasteiger partial charge on any atom is -0.0991 e. The molecule has 0 bridgehead atoms. The largest absolute Gasteiger partial charge is 0.0991 e. The average molecular weight is 136 g/mol. The predicted octanol–water partition coefficient (Wildman–Crippen LogP) is 3.33. The maximum Gasteiger partial charge on any atom is -0.0199 e. The van der Waals surface area contributed by atoms with E-state index >= 15 is 0 Å². The van der Waals surface area contributed by atoms with Crippen LogP contribution in [0, 0.1) is 5.92 Å². The summed E-state index contributed by atoms with van der Waals surface area (Å²) < 4.78 is 0. The van der Waals surface area contributed by atoms with Crippen molar-refractivity contribution >= 4 is 0 Å². The summed E-state index contributed by atoms with van der Waals surface area (Å²) in [6.07, 6.45) is 6.86. The van der Waals surface area contributed by atoms with Gasteiger partial charge in [0.1, 0.15) is 0 Å². The van der Waals surface area contributed by atoms with Crippen LogP contribution in [-0.4, -0.2) is 0 Å². The third-order valence-electron chi connectivity index (χ3n) is 1.69. The second kappa shape index (κ2) is 5.04. The molecule has 0 aromatic carbocycles. The zero-order chi connectivity index (χ0) is 7.98. The number of hydrogen-bond acceptors (Lipinski definition) is 0. The van der Waals surface area contributed by atoms with Gasteiger partial charge in [-0.15, -0.1) is 0 Å². The van der Waals surface area contributed by atoms with E-state index in [0.717, 1.165) is 6.42 Å². The van der Waals surface area contributed by atoms with Gasteiger partial charge >= 0.3 is 0 Å². The van der Waals surface area contributed by atoms with Gasteiger partial charge in [-0.05, 0) is 12.3 Å². The van der Waals surface area contributed by atoms with Crippen molar-refractivity contribution in [2.75, 3.05) is 0 Å². The SMILES string of the molecule is C=C/C=C\C(=C)C(C)CC. The first-order valence-corrected chi connectivity index (χ1v) is 3.70. The Bertz CT molecular complexity index is 140. The van der Waals surface area contributed by atoms with Gasteiger partial charge in [0, 0.05) is 0 Å². The molecule has 0 N–H and O–H groups in total. The fourth-order valence-electron chi connectivity index (χ4n) is 0.618. The van der Waals surface area contributed by atoms with Crippen molar-refractivity contribution in [2.24, 2.45) is 5.92 Å². The second-order valence-corrected chi connectivity index (χ2v) is 2.48. The summed E-state index contributed by atoms with van der Waals surface area (Å²) in [6.45, 7) is 11.9. The Balaban J connectivity index is 3.83. The van der Waals surface area contributed by atoms with E-state index in [1.807, 2.05) is 12.2 Å². The lowest BCUT2D eigenvalue weighted by Gasteiger charge is -2.06. The number of rotatable bonds is 4. The molecule has 0 fully saturated rings. The Morgan fingerprint density at radius 1 is 1.60 bits per heavy atom. The van der Waals surface area contributed by atoms with E-state index in [4.69, 9.17) is 0 Å². The summed E-state index contributed by atoms with van der Waals surface area (Å²) in [6, 6.07) is 0. The van der Waals surface area contributed by atoms with E-state index in [2.05, 4.69) is 27.0 Å². The topological polar surface area (TPSA) is 0 Å². The molecular weight excluding hydrogens is 120 g/mol. The Hall–Kier alpha value is -0.780. The fraction of sp³-hybridized carbons (Fsp3) is 0.400. The van der Waals surface area contributed by atoms with Gasteiger partial charge in [-0.25, -0.2) is 0 Å². The van der Waals surface area contributed by atoms with E-state index in [-0.39, 0.29) is 0 Å². The summed E-state index contributed by atoms with van der Waals surface area (Å²) in [7, 11) is 0. The molecule has 0 aliphatic heterocycles.